The highest BCUT2D eigenvalue weighted by Crippen LogP contribution is 2.29. The summed E-state index contributed by atoms with van der Waals surface area (Å²) < 4.78 is 5.78. The molecule has 1 N–H and O–H groups in total. The van der Waals surface area contributed by atoms with Crippen LogP contribution in [0.5, 0.6) is 0 Å². The van der Waals surface area contributed by atoms with Crippen LogP contribution in [0.2, 0.25) is 5.02 Å². The summed E-state index contributed by atoms with van der Waals surface area (Å²) in [4.78, 5) is 20.6. The van der Waals surface area contributed by atoms with Gasteiger partial charge in [-0.1, -0.05) is 11.6 Å². The third-order valence-corrected chi connectivity index (χ3v) is 4.86. The summed E-state index contributed by atoms with van der Waals surface area (Å²) in [6, 6.07) is 5.99. The Morgan fingerprint density at radius 3 is 2.74 bits per heavy atom. The molecule has 1 aromatic carbocycles. The Kier molecular flexibility index (Phi) is 3.66. The number of carbonyl (C=O) groups excluding carboxylic acids is 1. The largest absolute Gasteiger partial charge is 0.423 e. The molecule has 0 saturated carbocycles. The number of hydrogen-bond donors (Lipinski definition) is 1. The number of nitrogens with zero attached hydrogens (tertiary/aromatic N) is 3. The summed E-state index contributed by atoms with van der Waals surface area (Å²) in [6.07, 6.45) is 1.22. The van der Waals surface area contributed by atoms with E-state index in [1.54, 1.807) is 17.0 Å². The number of aliphatic hydroxyl groups excluding tert-OH is 1. The van der Waals surface area contributed by atoms with Crippen molar-refractivity contribution in [2.45, 2.75) is 18.9 Å². The van der Waals surface area contributed by atoms with Crippen molar-refractivity contribution in [2.75, 3.05) is 31.1 Å². The van der Waals surface area contributed by atoms with Crippen molar-refractivity contribution in [3.8, 4) is 0 Å². The van der Waals surface area contributed by atoms with E-state index in [0.29, 0.717) is 29.7 Å². The van der Waals surface area contributed by atoms with Crippen molar-refractivity contribution in [3.63, 3.8) is 0 Å². The molecule has 2 fully saturated rings. The minimum absolute atomic E-state index is 0.0394. The Bertz CT molecular complexity index is 733. The molecule has 2 aliphatic rings. The van der Waals surface area contributed by atoms with Gasteiger partial charge in [0.2, 0.25) is 5.91 Å². The van der Waals surface area contributed by atoms with Crippen LogP contribution in [-0.4, -0.2) is 53.2 Å². The van der Waals surface area contributed by atoms with Crippen LogP contribution < -0.4 is 4.90 Å². The number of likely N-dealkylation sites (tertiary alicyclic amines) is 1. The molecular formula is C16H18ClN3O3. The highest BCUT2D eigenvalue weighted by Gasteiger charge is 2.35. The molecule has 0 unspecified atom stereocenters. The van der Waals surface area contributed by atoms with Gasteiger partial charge in [-0.15, -0.1) is 0 Å². The molecule has 0 radical (unpaired) electrons. The van der Waals surface area contributed by atoms with Crippen LogP contribution >= 0.6 is 11.6 Å². The Balaban J connectivity index is 1.41. The topological polar surface area (TPSA) is 69.8 Å². The number of halogens is 1. The summed E-state index contributed by atoms with van der Waals surface area (Å²) in [5.74, 6) is 0.205. The van der Waals surface area contributed by atoms with Crippen molar-refractivity contribution in [2.24, 2.45) is 5.92 Å². The summed E-state index contributed by atoms with van der Waals surface area (Å²) >= 11 is 5.97. The van der Waals surface area contributed by atoms with Crippen LogP contribution in [-0.2, 0) is 4.79 Å². The Morgan fingerprint density at radius 2 is 2.04 bits per heavy atom. The van der Waals surface area contributed by atoms with Gasteiger partial charge in [0.1, 0.15) is 5.52 Å². The van der Waals surface area contributed by atoms with Crippen LogP contribution in [0.25, 0.3) is 11.1 Å². The number of carbonyl (C=O) groups is 1. The molecule has 0 aliphatic carbocycles. The fourth-order valence-electron chi connectivity index (χ4n) is 3.23. The average Bonchev–Trinajstić information content (AvgIpc) is 2.94. The van der Waals surface area contributed by atoms with Crippen molar-refractivity contribution in [1.29, 1.82) is 0 Å². The van der Waals surface area contributed by atoms with E-state index < -0.39 is 0 Å². The van der Waals surface area contributed by atoms with E-state index in [1.807, 2.05) is 6.07 Å². The highest BCUT2D eigenvalue weighted by atomic mass is 35.5. The van der Waals surface area contributed by atoms with Gasteiger partial charge < -0.3 is 19.3 Å². The van der Waals surface area contributed by atoms with Gasteiger partial charge in [-0.05, 0) is 25.0 Å². The first-order valence-corrected chi connectivity index (χ1v) is 8.26. The standard InChI is InChI=1S/C16H18ClN3O3/c17-11-1-2-13-14(7-11)23-16(18-13)19-5-3-10(4-6-19)15(22)20-8-12(21)9-20/h1-2,7,10,12,21H,3-6,8-9H2. The maximum absolute atomic E-state index is 12.3. The molecule has 7 heteroatoms. The first kappa shape index (κ1) is 14.8. The van der Waals surface area contributed by atoms with Gasteiger partial charge in [0.25, 0.3) is 6.01 Å². The number of oxazole rings is 1. The molecule has 6 nitrogen and oxygen atoms in total. The Morgan fingerprint density at radius 1 is 1.30 bits per heavy atom. The number of fused-ring (bicyclic) bond motifs is 1. The lowest BCUT2D eigenvalue weighted by molar-refractivity contribution is -0.146. The molecule has 23 heavy (non-hydrogen) atoms. The Labute approximate surface area is 138 Å². The number of rotatable bonds is 2. The predicted molar refractivity (Wildman–Crippen MR) is 86.5 cm³/mol. The first-order chi connectivity index (χ1) is 11.1. The number of aromatic nitrogens is 1. The van der Waals surface area contributed by atoms with E-state index in [4.69, 9.17) is 16.0 Å². The minimum atomic E-state index is -0.342. The van der Waals surface area contributed by atoms with Crippen molar-refractivity contribution >= 4 is 34.6 Å². The predicted octanol–water partition coefficient (Wildman–Crippen LogP) is 1.90. The second kappa shape index (κ2) is 5.69. The summed E-state index contributed by atoms with van der Waals surface area (Å²) in [7, 11) is 0. The monoisotopic (exact) mass is 335 g/mol. The number of β-amino-alcohol motifs (C(OH)–C–C–N with tert-alkyl or cyclic N) is 1. The van der Waals surface area contributed by atoms with Crippen LogP contribution in [0, 0.1) is 5.92 Å². The maximum Gasteiger partial charge on any atom is 0.298 e. The van der Waals surface area contributed by atoms with E-state index in [9.17, 15) is 9.90 Å². The number of aliphatic hydroxyl groups is 1. The van der Waals surface area contributed by atoms with Crippen LogP contribution in [0.4, 0.5) is 6.01 Å². The first-order valence-electron chi connectivity index (χ1n) is 7.88. The molecule has 2 aromatic rings. The van der Waals surface area contributed by atoms with E-state index in [-0.39, 0.29) is 17.9 Å². The minimum Gasteiger partial charge on any atom is -0.423 e. The summed E-state index contributed by atoms with van der Waals surface area (Å²) in [6.45, 7) is 2.44. The third kappa shape index (κ3) is 2.77. The van der Waals surface area contributed by atoms with Gasteiger partial charge >= 0.3 is 0 Å². The summed E-state index contributed by atoms with van der Waals surface area (Å²) in [5.41, 5.74) is 1.47. The zero-order valence-corrected chi connectivity index (χ0v) is 13.4. The lowest BCUT2D eigenvalue weighted by Gasteiger charge is -2.40. The molecule has 1 amide bonds. The smallest absolute Gasteiger partial charge is 0.298 e. The number of piperidine rings is 1. The molecule has 2 aliphatic heterocycles. The number of hydrogen-bond acceptors (Lipinski definition) is 5. The lowest BCUT2D eigenvalue weighted by Crippen LogP contribution is -2.56. The van der Waals surface area contributed by atoms with E-state index >= 15 is 0 Å². The van der Waals surface area contributed by atoms with Gasteiger partial charge in [0, 0.05) is 43.2 Å². The third-order valence-electron chi connectivity index (χ3n) is 4.63. The number of anilines is 1. The van der Waals surface area contributed by atoms with Gasteiger partial charge in [0.15, 0.2) is 5.58 Å². The molecular weight excluding hydrogens is 318 g/mol. The van der Waals surface area contributed by atoms with E-state index in [0.717, 1.165) is 31.4 Å². The maximum atomic E-state index is 12.3. The van der Waals surface area contributed by atoms with E-state index in [1.165, 1.54) is 0 Å². The molecule has 122 valence electrons. The fourth-order valence-corrected chi connectivity index (χ4v) is 3.39. The van der Waals surface area contributed by atoms with Crippen molar-refractivity contribution in [3.05, 3.63) is 23.2 Å². The second-order valence-corrected chi connectivity index (χ2v) is 6.70. The van der Waals surface area contributed by atoms with Gasteiger partial charge in [0.05, 0.1) is 6.10 Å². The van der Waals surface area contributed by atoms with Gasteiger partial charge in [-0.3, -0.25) is 4.79 Å². The van der Waals surface area contributed by atoms with Crippen LogP contribution in [0.3, 0.4) is 0 Å². The molecule has 4 rings (SSSR count). The van der Waals surface area contributed by atoms with Crippen molar-refractivity contribution < 1.29 is 14.3 Å². The SMILES string of the molecule is O=C(C1CCN(c2nc3ccc(Cl)cc3o2)CC1)N1CC(O)C1. The van der Waals surface area contributed by atoms with Crippen LogP contribution in [0.15, 0.2) is 22.6 Å². The molecule has 3 heterocycles. The molecule has 0 bridgehead atoms. The van der Waals surface area contributed by atoms with Crippen molar-refractivity contribution in [1.82, 2.24) is 9.88 Å². The van der Waals surface area contributed by atoms with Crippen LogP contribution in [0.1, 0.15) is 12.8 Å². The van der Waals surface area contributed by atoms with Gasteiger partial charge in [-0.25, -0.2) is 0 Å². The second-order valence-electron chi connectivity index (χ2n) is 6.27. The number of amides is 1. The number of benzene rings is 1. The fraction of sp³-hybridized carbons (Fsp3) is 0.500. The quantitative estimate of drug-likeness (QED) is 0.907. The molecule has 0 atom stereocenters. The molecule has 2 saturated heterocycles. The van der Waals surface area contributed by atoms with E-state index in [2.05, 4.69) is 9.88 Å². The average molecular weight is 336 g/mol. The molecule has 0 spiro atoms. The Hall–Kier alpha value is -1.79. The normalized spacial score (nSPS) is 20.1. The lowest BCUT2D eigenvalue weighted by atomic mass is 9.94. The molecule has 1 aromatic heterocycles. The summed E-state index contributed by atoms with van der Waals surface area (Å²) in [5, 5.41) is 9.94. The van der Waals surface area contributed by atoms with Gasteiger partial charge in [-0.2, -0.15) is 4.98 Å². The highest BCUT2D eigenvalue weighted by molar-refractivity contribution is 6.31. The zero-order chi connectivity index (χ0) is 16.0. The zero-order valence-electron chi connectivity index (χ0n) is 12.6.